The van der Waals surface area contributed by atoms with Crippen LogP contribution in [0.25, 0.3) is 0 Å². The largest absolute Gasteiger partial charge is 0.475 e. The van der Waals surface area contributed by atoms with Gasteiger partial charge in [-0.3, -0.25) is 0 Å². The van der Waals surface area contributed by atoms with Crippen molar-refractivity contribution in [2.24, 2.45) is 0 Å². The number of nitrogens with zero attached hydrogens (tertiary/aromatic N) is 2. The van der Waals surface area contributed by atoms with Gasteiger partial charge in [0.15, 0.2) is 0 Å². The Balaban J connectivity index is 1.92. The number of hydrogen-bond acceptors (Lipinski definition) is 3. The molecule has 14 heavy (non-hydrogen) atoms. The van der Waals surface area contributed by atoms with Gasteiger partial charge in [-0.2, -0.15) is 5.10 Å². The van der Waals surface area contributed by atoms with E-state index >= 15 is 0 Å². The Kier molecular flexibility index (Phi) is 1.49. The highest BCUT2D eigenvalue weighted by atomic mass is 16.5. The average molecular weight is 194 g/mol. The SMILES string of the molecule is C[C@@]1(O)COc2cc(C3CC3)nn2C1. The summed E-state index contributed by atoms with van der Waals surface area (Å²) >= 11 is 0. The molecule has 4 heteroatoms. The van der Waals surface area contributed by atoms with E-state index in [1.54, 1.807) is 11.6 Å². The van der Waals surface area contributed by atoms with Crippen molar-refractivity contribution in [3.63, 3.8) is 0 Å². The molecule has 1 aromatic rings. The maximum absolute atomic E-state index is 9.80. The summed E-state index contributed by atoms with van der Waals surface area (Å²) in [6.45, 7) is 2.67. The lowest BCUT2D eigenvalue weighted by molar-refractivity contribution is -0.0312. The Morgan fingerprint density at radius 1 is 1.64 bits per heavy atom. The molecule has 3 rings (SSSR count). The van der Waals surface area contributed by atoms with E-state index in [2.05, 4.69) is 5.10 Å². The maximum atomic E-state index is 9.80. The molecular formula is C10H14N2O2. The van der Waals surface area contributed by atoms with Crippen LogP contribution in [-0.2, 0) is 6.54 Å². The van der Waals surface area contributed by atoms with Crippen LogP contribution in [0.4, 0.5) is 0 Å². The molecule has 0 unspecified atom stereocenters. The molecule has 0 aromatic carbocycles. The predicted molar refractivity (Wildman–Crippen MR) is 50.3 cm³/mol. The maximum Gasteiger partial charge on any atom is 0.212 e. The number of hydrogen-bond donors (Lipinski definition) is 1. The minimum atomic E-state index is -0.778. The minimum Gasteiger partial charge on any atom is -0.475 e. The Morgan fingerprint density at radius 3 is 3.14 bits per heavy atom. The molecule has 1 fully saturated rings. The lowest BCUT2D eigenvalue weighted by Crippen LogP contribution is -2.41. The third-order valence-corrected chi connectivity index (χ3v) is 2.78. The molecular weight excluding hydrogens is 180 g/mol. The van der Waals surface area contributed by atoms with Gasteiger partial charge in [0.2, 0.25) is 5.88 Å². The summed E-state index contributed by atoms with van der Waals surface area (Å²) in [6, 6.07) is 2.01. The van der Waals surface area contributed by atoms with Crippen molar-refractivity contribution in [3.8, 4) is 5.88 Å². The van der Waals surface area contributed by atoms with Crippen LogP contribution in [0.1, 0.15) is 31.4 Å². The fourth-order valence-corrected chi connectivity index (χ4v) is 1.82. The molecule has 0 bridgehead atoms. The number of rotatable bonds is 1. The monoisotopic (exact) mass is 194 g/mol. The van der Waals surface area contributed by atoms with Gasteiger partial charge in [0.25, 0.3) is 0 Å². The molecule has 0 spiro atoms. The smallest absolute Gasteiger partial charge is 0.212 e. The third kappa shape index (κ3) is 1.30. The predicted octanol–water partition coefficient (Wildman–Crippen LogP) is 0.904. The first-order valence-electron chi connectivity index (χ1n) is 5.07. The van der Waals surface area contributed by atoms with Crippen molar-refractivity contribution < 1.29 is 9.84 Å². The normalized spacial score (nSPS) is 31.0. The summed E-state index contributed by atoms with van der Waals surface area (Å²) in [5.74, 6) is 1.44. The summed E-state index contributed by atoms with van der Waals surface area (Å²) in [5, 5.41) is 14.2. The first-order valence-corrected chi connectivity index (χ1v) is 5.07. The highest BCUT2D eigenvalue weighted by Crippen LogP contribution is 2.41. The number of aromatic nitrogens is 2. The zero-order valence-electron chi connectivity index (χ0n) is 8.23. The summed E-state index contributed by atoms with van der Waals surface area (Å²) in [7, 11) is 0. The average Bonchev–Trinajstić information content (AvgIpc) is 2.86. The van der Waals surface area contributed by atoms with Gasteiger partial charge in [0.05, 0.1) is 12.2 Å². The second-order valence-corrected chi connectivity index (χ2v) is 4.62. The molecule has 1 aliphatic heterocycles. The highest BCUT2D eigenvalue weighted by Gasteiger charge is 2.33. The van der Waals surface area contributed by atoms with Gasteiger partial charge < -0.3 is 9.84 Å². The van der Waals surface area contributed by atoms with E-state index in [9.17, 15) is 5.11 Å². The van der Waals surface area contributed by atoms with E-state index in [4.69, 9.17) is 4.74 Å². The first kappa shape index (κ1) is 8.29. The van der Waals surface area contributed by atoms with Crippen molar-refractivity contribution in [3.05, 3.63) is 11.8 Å². The van der Waals surface area contributed by atoms with Crippen LogP contribution in [-0.4, -0.2) is 27.1 Å². The Bertz CT molecular complexity index is 366. The first-order chi connectivity index (χ1) is 6.64. The summed E-state index contributed by atoms with van der Waals surface area (Å²) in [4.78, 5) is 0. The molecule has 0 saturated heterocycles. The van der Waals surface area contributed by atoms with Crippen molar-refractivity contribution in [2.75, 3.05) is 6.61 Å². The van der Waals surface area contributed by atoms with Gasteiger partial charge in [0.1, 0.15) is 12.2 Å². The van der Waals surface area contributed by atoms with Crippen LogP contribution in [0.3, 0.4) is 0 Å². The van der Waals surface area contributed by atoms with Crippen LogP contribution in [0.2, 0.25) is 0 Å². The minimum absolute atomic E-state index is 0.364. The van der Waals surface area contributed by atoms with Crippen LogP contribution >= 0.6 is 0 Å². The molecule has 0 amide bonds. The summed E-state index contributed by atoms with van der Waals surface area (Å²) < 4.78 is 7.22. The lowest BCUT2D eigenvalue weighted by Gasteiger charge is -2.28. The van der Waals surface area contributed by atoms with E-state index in [0.717, 1.165) is 11.6 Å². The van der Waals surface area contributed by atoms with Crippen molar-refractivity contribution in [2.45, 2.75) is 37.8 Å². The molecule has 4 nitrogen and oxygen atoms in total. The van der Waals surface area contributed by atoms with Gasteiger partial charge >= 0.3 is 0 Å². The van der Waals surface area contributed by atoms with Crippen molar-refractivity contribution >= 4 is 0 Å². The van der Waals surface area contributed by atoms with E-state index in [1.165, 1.54) is 12.8 Å². The highest BCUT2D eigenvalue weighted by molar-refractivity contribution is 5.24. The Morgan fingerprint density at radius 2 is 2.43 bits per heavy atom. The van der Waals surface area contributed by atoms with Crippen molar-refractivity contribution in [1.29, 1.82) is 0 Å². The zero-order valence-corrected chi connectivity index (χ0v) is 8.23. The molecule has 2 heterocycles. The number of ether oxygens (including phenoxy) is 1. The Labute approximate surface area is 82.5 Å². The quantitative estimate of drug-likeness (QED) is 0.722. The fourth-order valence-electron chi connectivity index (χ4n) is 1.82. The molecule has 1 N–H and O–H groups in total. The molecule has 1 aliphatic carbocycles. The second-order valence-electron chi connectivity index (χ2n) is 4.62. The van der Waals surface area contributed by atoms with Gasteiger partial charge in [-0.15, -0.1) is 0 Å². The van der Waals surface area contributed by atoms with Gasteiger partial charge in [0, 0.05) is 12.0 Å². The van der Waals surface area contributed by atoms with Crippen LogP contribution in [0.5, 0.6) is 5.88 Å². The molecule has 1 saturated carbocycles. The van der Waals surface area contributed by atoms with E-state index in [0.29, 0.717) is 19.1 Å². The van der Waals surface area contributed by atoms with Crippen LogP contribution in [0, 0.1) is 0 Å². The van der Waals surface area contributed by atoms with E-state index in [1.807, 2.05) is 6.07 Å². The van der Waals surface area contributed by atoms with Gasteiger partial charge in [-0.25, -0.2) is 4.68 Å². The Hall–Kier alpha value is -1.03. The fraction of sp³-hybridized carbons (Fsp3) is 0.700. The number of fused-ring (bicyclic) bond motifs is 1. The molecule has 2 aliphatic rings. The standard InChI is InChI=1S/C10H14N2O2/c1-10(13)5-12-9(14-6-10)4-8(11-12)7-2-3-7/h4,7,13H,2-3,5-6H2,1H3/t10-/m0/s1. The molecule has 0 radical (unpaired) electrons. The van der Waals surface area contributed by atoms with E-state index < -0.39 is 5.60 Å². The lowest BCUT2D eigenvalue weighted by atomic mass is 10.1. The number of aliphatic hydroxyl groups is 1. The second kappa shape index (κ2) is 2.51. The van der Waals surface area contributed by atoms with Gasteiger partial charge in [-0.05, 0) is 19.8 Å². The molecule has 1 aromatic heterocycles. The van der Waals surface area contributed by atoms with Gasteiger partial charge in [-0.1, -0.05) is 0 Å². The molecule has 76 valence electrons. The van der Waals surface area contributed by atoms with E-state index in [-0.39, 0.29) is 0 Å². The van der Waals surface area contributed by atoms with Crippen LogP contribution < -0.4 is 4.74 Å². The van der Waals surface area contributed by atoms with Crippen LogP contribution in [0.15, 0.2) is 6.07 Å². The van der Waals surface area contributed by atoms with Crippen molar-refractivity contribution in [1.82, 2.24) is 9.78 Å². The topological polar surface area (TPSA) is 47.3 Å². The molecule has 1 atom stereocenters. The third-order valence-electron chi connectivity index (χ3n) is 2.78. The zero-order chi connectivity index (χ0) is 9.76. The summed E-state index contributed by atoms with van der Waals surface area (Å²) in [6.07, 6.45) is 2.49. The summed E-state index contributed by atoms with van der Waals surface area (Å²) in [5.41, 5.74) is 0.345.